The molecule has 33 heavy (non-hydrogen) atoms. The number of carbonyl (C=O) groups is 1. The van der Waals surface area contributed by atoms with E-state index in [1.807, 2.05) is 0 Å². The van der Waals surface area contributed by atoms with Crippen molar-refractivity contribution < 1.29 is 49.6 Å². The van der Waals surface area contributed by atoms with Crippen LogP contribution in [0.4, 0.5) is 37.7 Å². The van der Waals surface area contributed by atoms with Crippen molar-refractivity contribution in [3.63, 3.8) is 0 Å². The molecule has 0 fully saturated rings. The second kappa shape index (κ2) is 8.58. The van der Waals surface area contributed by atoms with E-state index < -0.39 is 71.9 Å². The fourth-order valence-corrected chi connectivity index (χ4v) is 4.00. The Balaban J connectivity index is 2.30. The molecular weight excluding hydrogens is 488 g/mol. The van der Waals surface area contributed by atoms with Crippen molar-refractivity contribution in [1.29, 1.82) is 0 Å². The number of aromatic nitrogens is 1. The van der Waals surface area contributed by atoms with Crippen molar-refractivity contribution in [2.24, 2.45) is 0 Å². The number of anilines is 1. The molecule has 1 amide bonds. The molecule has 0 aliphatic rings. The van der Waals surface area contributed by atoms with Crippen LogP contribution in [0.25, 0.3) is 0 Å². The van der Waals surface area contributed by atoms with Crippen LogP contribution < -0.4 is 5.32 Å². The van der Waals surface area contributed by atoms with E-state index in [2.05, 4.69) is 4.98 Å². The maximum absolute atomic E-state index is 13.2. The predicted molar refractivity (Wildman–Crippen MR) is 98.6 cm³/mol. The third-order valence-corrected chi connectivity index (χ3v) is 5.93. The van der Waals surface area contributed by atoms with Crippen LogP contribution in [0.15, 0.2) is 41.6 Å². The van der Waals surface area contributed by atoms with Gasteiger partial charge >= 0.3 is 12.4 Å². The number of alkyl halides is 6. The standard InChI is InChI=1S/C17H13F6N3O6S/c1-15(28,8-33(31,32)13-5-2-9(7-24-13)16(18,19)20)14(27)25-12-4-3-10(26(29)30)6-11(12)17(21,22)23/h2-7,28H,8H2,1H3,(H,25,27). The first kappa shape index (κ1) is 26.0. The number of hydrogen-bond donors (Lipinski definition) is 2. The van der Waals surface area contributed by atoms with Crippen molar-refractivity contribution in [3.05, 3.63) is 57.8 Å². The van der Waals surface area contributed by atoms with Gasteiger partial charge in [0.25, 0.3) is 11.6 Å². The largest absolute Gasteiger partial charge is 0.418 e. The number of halogens is 6. The smallest absolute Gasteiger partial charge is 0.379 e. The Labute approximate surface area is 181 Å². The number of benzene rings is 1. The number of nitrogens with one attached hydrogen (secondary N) is 1. The first-order chi connectivity index (χ1) is 14.8. The quantitative estimate of drug-likeness (QED) is 0.352. The Bertz CT molecular complexity index is 1180. The zero-order valence-corrected chi connectivity index (χ0v) is 17.0. The Morgan fingerprint density at radius 3 is 2.18 bits per heavy atom. The van der Waals surface area contributed by atoms with Gasteiger partial charge in [0, 0.05) is 18.3 Å². The Hall–Kier alpha value is -3.27. The van der Waals surface area contributed by atoms with E-state index in [0.717, 1.165) is 0 Å². The molecule has 1 aromatic carbocycles. The zero-order valence-electron chi connectivity index (χ0n) is 16.2. The summed E-state index contributed by atoms with van der Waals surface area (Å²) in [6, 6.07) is 2.21. The molecule has 180 valence electrons. The fraction of sp³-hybridized carbons (Fsp3) is 0.294. The molecule has 16 heteroatoms. The predicted octanol–water partition coefficient (Wildman–Crippen LogP) is 3.19. The molecule has 0 spiro atoms. The molecule has 2 rings (SSSR count). The lowest BCUT2D eigenvalue weighted by Crippen LogP contribution is -2.46. The van der Waals surface area contributed by atoms with Crippen LogP contribution in [0.5, 0.6) is 0 Å². The van der Waals surface area contributed by atoms with Gasteiger partial charge in [0.2, 0.25) is 0 Å². The van der Waals surface area contributed by atoms with E-state index in [1.54, 1.807) is 5.32 Å². The lowest BCUT2D eigenvalue weighted by Gasteiger charge is -2.23. The number of amides is 1. The molecule has 2 aromatic rings. The Morgan fingerprint density at radius 2 is 1.73 bits per heavy atom. The van der Waals surface area contributed by atoms with Gasteiger partial charge in [0.05, 0.1) is 27.5 Å². The molecule has 1 atom stereocenters. The molecular formula is C17H13F6N3O6S. The number of sulfone groups is 1. The number of aliphatic hydroxyl groups is 1. The van der Waals surface area contributed by atoms with E-state index >= 15 is 0 Å². The molecule has 1 aromatic heterocycles. The molecule has 0 saturated heterocycles. The Kier molecular flexibility index (Phi) is 6.76. The van der Waals surface area contributed by atoms with Crippen LogP contribution in [0.3, 0.4) is 0 Å². The van der Waals surface area contributed by atoms with Crippen molar-refractivity contribution in [2.45, 2.75) is 29.9 Å². The lowest BCUT2D eigenvalue weighted by atomic mass is 10.1. The number of nitrogens with zero attached hydrogens (tertiary/aromatic N) is 2. The van der Waals surface area contributed by atoms with Gasteiger partial charge in [-0.25, -0.2) is 13.4 Å². The first-order valence-electron chi connectivity index (χ1n) is 8.50. The van der Waals surface area contributed by atoms with Gasteiger partial charge in [-0.3, -0.25) is 14.9 Å². The molecule has 9 nitrogen and oxygen atoms in total. The second-order valence-electron chi connectivity index (χ2n) is 6.85. The van der Waals surface area contributed by atoms with Crippen molar-refractivity contribution in [3.8, 4) is 0 Å². The molecule has 0 bridgehead atoms. The molecule has 0 aliphatic heterocycles. The van der Waals surface area contributed by atoms with Crippen molar-refractivity contribution in [1.82, 2.24) is 4.98 Å². The van der Waals surface area contributed by atoms with Gasteiger partial charge in [0.1, 0.15) is 0 Å². The summed E-state index contributed by atoms with van der Waals surface area (Å²) in [5.41, 5.74) is -7.70. The van der Waals surface area contributed by atoms with Gasteiger partial charge < -0.3 is 10.4 Å². The van der Waals surface area contributed by atoms with Crippen molar-refractivity contribution in [2.75, 3.05) is 11.1 Å². The lowest BCUT2D eigenvalue weighted by molar-refractivity contribution is -0.385. The number of pyridine rings is 1. The third kappa shape index (κ3) is 6.16. The highest BCUT2D eigenvalue weighted by Gasteiger charge is 2.40. The van der Waals surface area contributed by atoms with E-state index in [9.17, 15) is 54.8 Å². The van der Waals surface area contributed by atoms with Crippen LogP contribution in [-0.2, 0) is 27.0 Å². The number of rotatable bonds is 6. The average Bonchev–Trinajstić information content (AvgIpc) is 2.65. The summed E-state index contributed by atoms with van der Waals surface area (Å²) in [5.74, 6) is -3.07. The Morgan fingerprint density at radius 1 is 1.12 bits per heavy atom. The third-order valence-electron chi connectivity index (χ3n) is 4.11. The molecule has 1 unspecified atom stereocenters. The molecule has 2 N–H and O–H groups in total. The molecule has 1 heterocycles. The fourth-order valence-electron chi connectivity index (χ4n) is 2.49. The van der Waals surface area contributed by atoms with Crippen LogP contribution in [-0.4, -0.2) is 40.7 Å². The molecule has 0 saturated carbocycles. The summed E-state index contributed by atoms with van der Waals surface area (Å²) in [5, 5.41) is 21.7. The summed E-state index contributed by atoms with van der Waals surface area (Å²) in [6.45, 7) is 0.641. The van der Waals surface area contributed by atoms with Gasteiger partial charge in [-0.05, 0) is 25.1 Å². The summed E-state index contributed by atoms with van der Waals surface area (Å²) in [6.07, 6.45) is -9.74. The normalized spacial score (nSPS) is 14.4. The summed E-state index contributed by atoms with van der Waals surface area (Å²) < 4.78 is 102. The highest BCUT2D eigenvalue weighted by atomic mass is 32.2. The number of non-ortho nitro benzene ring substituents is 1. The van der Waals surface area contributed by atoms with Crippen LogP contribution >= 0.6 is 0 Å². The van der Waals surface area contributed by atoms with Gasteiger partial charge in [-0.2, -0.15) is 26.3 Å². The van der Waals surface area contributed by atoms with E-state index in [0.29, 0.717) is 31.2 Å². The summed E-state index contributed by atoms with van der Waals surface area (Å²) in [4.78, 5) is 25.1. The van der Waals surface area contributed by atoms with Crippen molar-refractivity contribution >= 4 is 27.1 Å². The minimum absolute atomic E-state index is 0.132. The van der Waals surface area contributed by atoms with Gasteiger partial charge in [-0.15, -0.1) is 0 Å². The summed E-state index contributed by atoms with van der Waals surface area (Å²) >= 11 is 0. The molecule has 0 radical (unpaired) electrons. The minimum Gasteiger partial charge on any atom is -0.379 e. The number of hydrogen-bond acceptors (Lipinski definition) is 7. The topological polar surface area (TPSA) is 140 Å². The highest BCUT2D eigenvalue weighted by Crippen LogP contribution is 2.37. The SMILES string of the molecule is CC(O)(CS(=O)(=O)c1ccc(C(F)(F)F)cn1)C(=O)Nc1ccc([N+](=O)[O-])cc1C(F)(F)F. The second-order valence-corrected chi connectivity index (χ2v) is 8.79. The number of nitro benzene ring substituents is 1. The van der Waals surface area contributed by atoms with Gasteiger partial charge in [0.15, 0.2) is 20.5 Å². The minimum atomic E-state index is -5.16. The van der Waals surface area contributed by atoms with E-state index in [1.165, 1.54) is 0 Å². The van der Waals surface area contributed by atoms with E-state index in [4.69, 9.17) is 0 Å². The zero-order chi connectivity index (χ0) is 25.4. The molecule has 0 aliphatic carbocycles. The average molecular weight is 501 g/mol. The first-order valence-corrected chi connectivity index (χ1v) is 10.2. The maximum atomic E-state index is 13.2. The number of carbonyl (C=O) groups excluding carboxylic acids is 1. The van der Waals surface area contributed by atoms with Crippen LogP contribution in [0.1, 0.15) is 18.1 Å². The van der Waals surface area contributed by atoms with Crippen LogP contribution in [0, 0.1) is 10.1 Å². The summed E-state index contributed by atoms with van der Waals surface area (Å²) in [7, 11) is -4.67. The maximum Gasteiger partial charge on any atom is 0.418 e. The number of nitro groups is 1. The monoisotopic (exact) mass is 501 g/mol. The van der Waals surface area contributed by atoms with Crippen LogP contribution in [0.2, 0.25) is 0 Å². The highest BCUT2D eigenvalue weighted by molar-refractivity contribution is 7.91. The van der Waals surface area contributed by atoms with Gasteiger partial charge in [-0.1, -0.05) is 0 Å². The van der Waals surface area contributed by atoms with E-state index in [-0.39, 0.29) is 12.3 Å².